The maximum Gasteiger partial charge on any atom is 0.101 e. The third-order valence-corrected chi connectivity index (χ3v) is 1.34. The van der Waals surface area contributed by atoms with Crippen LogP contribution in [0, 0.1) is 23.7 Å². The van der Waals surface area contributed by atoms with Crippen molar-refractivity contribution in [2.75, 3.05) is 5.73 Å². The van der Waals surface area contributed by atoms with Gasteiger partial charge in [0, 0.05) is 11.3 Å². The molecule has 11 heavy (non-hydrogen) atoms. The SMILES string of the molecule is C#Cc1ccc(N)c(C#N)c1. The highest BCUT2D eigenvalue weighted by Crippen LogP contribution is 2.11. The number of terminal acetylenes is 1. The molecule has 1 aromatic rings. The van der Waals surface area contributed by atoms with Gasteiger partial charge in [-0.05, 0) is 18.2 Å². The van der Waals surface area contributed by atoms with Crippen molar-refractivity contribution in [1.82, 2.24) is 0 Å². The van der Waals surface area contributed by atoms with E-state index >= 15 is 0 Å². The zero-order chi connectivity index (χ0) is 8.27. The van der Waals surface area contributed by atoms with Crippen LogP contribution in [0.4, 0.5) is 5.69 Å². The zero-order valence-corrected chi connectivity index (χ0v) is 5.83. The van der Waals surface area contributed by atoms with Crippen LogP contribution in [-0.2, 0) is 0 Å². The van der Waals surface area contributed by atoms with E-state index in [9.17, 15) is 0 Å². The summed E-state index contributed by atoms with van der Waals surface area (Å²) in [6, 6.07) is 6.88. The zero-order valence-electron chi connectivity index (χ0n) is 5.83. The van der Waals surface area contributed by atoms with E-state index in [-0.39, 0.29) is 0 Å². The highest BCUT2D eigenvalue weighted by molar-refractivity contribution is 5.57. The first kappa shape index (κ1) is 7.18. The normalized spacial score (nSPS) is 8.18. The lowest BCUT2D eigenvalue weighted by Gasteiger charge is -1.95. The van der Waals surface area contributed by atoms with Crippen molar-refractivity contribution in [3.8, 4) is 18.4 Å². The molecule has 0 aromatic heterocycles. The number of hydrogen-bond donors (Lipinski definition) is 1. The minimum Gasteiger partial charge on any atom is -0.398 e. The molecular formula is C9H6N2. The lowest BCUT2D eigenvalue weighted by molar-refractivity contribution is 1.48. The highest BCUT2D eigenvalue weighted by atomic mass is 14.6. The van der Waals surface area contributed by atoms with Gasteiger partial charge in [-0.3, -0.25) is 0 Å². The van der Waals surface area contributed by atoms with Crippen molar-refractivity contribution in [3.05, 3.63) is 29.3 Å². The molecule has 0 aliphatic heterocycles. The van der Waals surface area contributed by atoms with Crippen molar-refractivity contribution in [2.45, 2.75) is 0 Å². The second-order valence-corrected chi connectivity index (χ2v) is 2.06. The Morgan fingerprint density at radius 2 is 2.18 bits per heavy atom. The van der Waals surface area contributed by atoms with Gasteiger partial charge in [-0.2, -0.15) is 5.26 Å². The number of anilines is 1. The molecule has 52 valence electrons. The van der Waals surface area contributed by atoms with E-state index in [0.29, 0.717) is 16.8 Å². The first-order valence-corrected chi connectivity index (χ1v) is 3.04. The fourth-order valence-electron chi connectivity index (χ4n) is 0.743. The third kappa shape index (κ3) is 1.31. The van der Waals surface area contributed by atoms with E-state index in [0.717, 1.165) is 0 Å². The Bertz CT molecular complexity index is 353. The molecule has 0 heterocycles. The maximum absolute atomic E-state index is 8.54. The second kappa shape index (κ2) is 2.77. The van der Waals surface area contributed by atoms with Crippen LogP contribution in [0.15, 0.2) is 18.2 Å². The van der Waals surface area contributed by atoms with Crippen molar-refractivity contribution in [3.63, 3.8) is 0 Å². The van der Waals surface area contributed by atoms with Crippen LogP contribution in [-0.4, -0.2) is 0 Å². The van der Waals surface area contributed by atoms with Crippen LogP contribution >= 0.6 is 0 Å². The van der Waals surface area contributed by atoms with Gasteiger partial charge in [0.15, 0.2) is 0 Å². The van der Waals surface area contributed by atoms with Crippen LogP contribution < -0.4 is 5.73 Å². The van der Waals surface area contributed by atoms with Gasteiger partial charge in [0.05, 0.1) is 5.56 Å². The molecule has 2 nitrogen and oxygen atoms in total. The van der Waals surface area contributed by atoms with Gasteiger partial charge in [-0.25, -0.2) is 0 Å². The Hall–Kier alpha value is -1.93. The molecule has 0 aliphatic carbocycles. The molecule has 1 rings (SSSR count). The lowest BCUT2D eigenvalue weighted by Crippen LogP contribution is -1.90. The molecule has 0 amide bonds. The topological polar surface area (TPSA) is 49.8 Å². The number of hydrogen-bond acceptors (Lipinski definition) is 2. The molecule has 0 saturated carbocycles. The van der Waals surface area contributed by atoms with E-state index in [1.54, 1.807) is 18.2 Å². The fourth-order valence-corrected chi connectivity index (χ4v) is 0.743. The van der Waals surface area contributed by atoms with Gasteiger partial charge in [0.2, 0.25) is 0 Å². The van der Waals surface area contributed by atoms with Crippen LogP contribution in [0.1, 0.15) is 11.1 Å². The van der Waals surface area contributed by atoms with Crippen molar-refractivity contribution < 1.29 is 0 Å². The van der Waals surface area contributed by atoms with E-state index in [1.165, 1.54) is 0 Å². The summed E-state index contributed by atoms with van der Waals surface area (Å²) < 4.78 is 0. The Morgan fingerprint density at radius 1 is 1.45 bits per heavy atom. The van der Waals surface area contributed by atoms with Gasteiger partial charge in [-0.15, -0.1) is 6.42 Å². The van der Waals surface area contributed by atoms with Gasteiger partial charge < -0.3 is 5.73 Å². The number of nitrogens with two attached hydrogens (primary N) is 1. The summed E-state index contributed by atoms with van der Waals surface area (Å²) in [7, 11) is 0. The van der Waals surface area contributed by atoms with E-state index < -0.39 is 0 Å². The average molecular weight is 142 g/mol. The molecule has 2 N–H and O–H groups in total. The van der Waals surface area contributed by atoms with Crippen molar-refractivity contribution in [1.29, 1.82) is 5.26 Å². The molecule has 0 atom stereocenters. The largest absolute Gasteiger partial charge is 0.398 e. The van der Waals surface area contributed by atoms with Gasteiger partial charge in [0.1, 0.15) is 6.07 Å². The van der Waals surface area contributed by atoms with Crippen LogP contribution in [0.2, 0.25) is 0 Å². The molecule has 0 spiro atoms. The average Bonchev–Trinajstić information content (AvgIpc) is 2.05. The summed E-state index contributed by atoms with van der Waals surface area (Å²) in [6.45, 7) is 0. The summed E-state index contributed by atoms with van der Waals surface area (Å²) in [5.74, 6) is 2.42. The molecule has 0 bridgehead atoms. The smallest absolute Gasteiger partial charge is 0.101 e. The first-order valence-electron chi connectivity index (χ1n) is 3.04. The molecule has 0 radical (unpaired) electrons. The first-order chi connectivity index (χ1) is 5.27. The molecule has 2 heteroatoms. The summed E-state index contributed by atoms with van der Waals surface area (Å²) in [5.41, 5.74) is 7.04. The van der Waals surface area contributed by atoms with Crippen LogP contribution in [0.3, 0.4) is 0 Å². The number of nitriles is 1. The van der Waals surface area contributed by atoms with Crippen LogP contribution in [0.5, 0.6) is 0 Å². The second-order valence-electron chi connectivity index (χ2n) is 2.06. The van der Waals surface area contributed by atoms with E-state index in [2.05, 4.69) is 5.92 Å². The molecule has 0 saturated heterocycles. The van der Waals surface area contributed by atoms with E-state index in [1.807, 2.05) is 6.07 Å². The predicted molar refractivity (Wildman–Crippen MR) is 43.5 cm³/mol. The molecule has 0 fully saturated rings. The summed E-state index contributed by atoms with van der Waals surface area (Å²) >= 11 is 0. The minimum atomic E-state index is 0.431. The highest BCUT2D eigenvalue weighted by Gasteiger charge is 1.96. The number of nitrogens with zero attached hydrogens (tertiary/aromatic N) is 1. The Balaban J connectivity index is 3.29. The Kier molecular flexibility index (Phi) is 1.81. The Morgan fingerprint density at radius 3 is 2.73 bits per heavy atom. The maximum atomic E-state index is 8.54. The Labute approximate surface area is 65.3 Å². The van der Waals surface area contributed by atoms with Gasteiger partial charge >= 0.3 is 0 Å². The fraction of sp³-hybridized carbons (Fsp3) is 0. The standard InChI is InChI=1S/C9H6N2/c1-2-7-3-4-9(11)8(5-7)6-10/h1,3-5H,11H2. The molecular weight excluding hydrogens is 136 g/mol. The lowest BCUT2D eigenvalue weighted by atomic mass is 10.1. The molecule has 0 unspecified atom stereocenters. The van der Waals surface area contributed by atoms with Crippen LogP contribution in [0.25, 0.3) is 0 Å². The number of nitrogen functional groups attached to an aromatic ring is 1. The quantitative estimate of drug-likeness (QED) is 0.436. The van der Waals surface area contributed by atoms with E-state index in [4.69, 9.17) is 17.4 Å². The van der Waals surface area contributed by atoms with Gasteiger partial charge in [0.25, 0.3) is 0 Å². The summed E-state index contributed by atoms with van der Waals surface area (Å²) in [6.07, 6.45) is 5.12. The minimum absolute atomic E-state index is 0.431. The summed E-state index contributed by atoms with van der Waals surface area (Å²) in [5, 5.41) is 8.54. The van der Waals surface area contributed by atoms with Gasteiger partial charge in [-0.1, -0.05) is 5.92 Å². The third-order valence-electron chi connectivity index (χ3n) is 1.34. The molecule has 1 aromatic carbocycles. The molecule has 0 aliphatic rings. The van der Waals surface area contributed by atoms with Crippen molar-refractivity contribution in [2.24, 2.45) is 0 Å². The van der Waals surface area contributed by atoms with Crippen molar-refractivity contribution >= 4 is 5.69 Å². The number of benzene rings is 1. The monoisotopic (exact) mass is 142 g/mol. The summed E-state index contributed by atoms with van der Waals surface area (Å²) in [4.78, 5) is 0. The predicted octanol–water partition coefficient (Wildman–Crippen LogP) is 1.12. The number of rotatable bonds is 0.